The molecule has 9 nitrogen and oxygen atoms in total. The van der Waals surface area contributed by atoms with E-state index in [0.717, 1.165) is 6.54 Å². The van der Waals surface area contributed by atoms with Gasteiger partial charge in [0.2, 0.25) is 0 Å². The second-order valence-electron chi connectivity index (χ2n) is 7.36. The molecular formula is C23H20AuN3O6S2. The van der Waals surface area contributed by atoms with Crippen molar-refractivity contribution in [2.24, 2.45) is 8.80 Å². The van der Waals surface area contributed by atoms with E-state index >= 15 is 0 Å². The van der Waals surface area contributed by atoms with Crippen LogP contribution in [0.2, 0.25) is 0 Å². The fourth-order valence-corrected chi connectivity index (χ4v) is 5.22. The van der Waals surface area contributed by atoms with Crippen LogP contribution in [0.15, 0.2) is 91.4 Å². The second-order valence-corrected chi connectivity index (χ2v) is 10.5. The molecule has 0 saturated heterocycles. The Bertz CT molecular complexity index is 1370. The van der Waals surface area contributed by atoms with Crippen LogP contribution in [-0.2, 0) is 49.0 Å². The molecule has 0 unspecified atom stereocenters. The van der Waals surface area contributed by atoms with Gasteiger partial charge in [-0.2, -0.15) is 56.0 Å². The smallest absolute Gasteiger partial charge is 0.858 e. The Labute approximate surface area is 220 Å². The van der Waals surface area contributed by atoms with Crippen LogP contribution in [0.4, 0.5) is 0 Å². The van der Waals surface area contributed by atoms with Gasteiger partial charge < -0.3 is 15.1 Å². The fourth-order valence-electron chi connectivity index (χ4n) is 3.02. The molecule has 0 bridgehead atoms. The van der Waals surface area contributed by atoms with Gasteiger partial charge in [-0.15, -0.1) is 5.56 Å². The van der Waals surface area contributed by atoms with Crippen LogP contribution in [0.1, 0.15) is 16.7 Å². The van der Waals surface area contributed by atoms with Gasteiger partial charge in [0.15, 0.2) is 0 Å². The van der Waals surface area contributed by atoms with Gasteiger partial charge in [-0.05, 0) is 26.2 Å². The first-order chi connectivity index (χ1) is 16.0. The fraction of sp³-hybridized carbons (Fsp3) is 0.130. The first kappa shape index (κ1) is 28.4. The molecule has 0 saturated carbocycles. The van der Waals surface area contributed by atoms with Crippen molar-refractivity contribution in [3.63, 3.8) is 0 Å². The zero-order chi connectivity index (χ0) is 24.9. The van der Waals surface area contributed by atoms with Gasteiger partial charge in [0.05, 0.1) is 9.79 Å². The van der Waals surface area contributed by atoms with E-state index in [2.05, 4.69) is 39.9 Å². The minimum absolute atomic E-state index is 0. The van der Waals surface area contributed by atoms with E-state index in [9.17, 15) is 27.0 Å². The first-order valence-corrected chi connectivity index (χ1v) is 12.7. The summed E-state index contributed by atoms with van der Waals surface area (Å²) in [6.45, 7) is 0.973. The zero-order valence-corrected chi connectivity index (χ0v) is 22.3. The molecule has 0 atom stereocenters. The van der Waals surface area contributed by atoms with Crippen molar-refractivity contribution >= 4 is 31.8 Å². The van der Waals surface area contributed by atoms with Crippen LogP contribution in [0, 0.1) is 6.07 Å². The third kappa shape index (κ3) is 7.10. The molecule has 2 aliphatic heterocycles. The molecule has 12 heteroatoms. The summed E-state index contributed by atoms with van der Waals surface area (Å²) in [5, 5.41) is 21.9. The van der Waals surface area contributed by atoms with Gasteiger partial charge in [0.25, 0.3) is 20.0 Å². The van der Waals surface area contributed by atoms with Gasteiger partial charge >= 0.3 is 22.4 Å². The minimum atomic E-state index is -3.68. The van der Waals surface area contributed by atoms with Crippen LogP contribution in [0.25, 0.3) is 0 Å². The standard InChI is InChI=1S/C9H12N.2C7H5NO3S.Au/c1-10(2)8-9-6-4-3-5-7-9;2*9-7-5-3-1-2-4-6(5)12(10,11)8-7;/h3-6H,8H2,1-2H3;2*1-4H,(H,8,9);/q-1;;;+3/p-2. The normalized spacial score (nSPS) is 15.6. The number of nitrogens with zero attached hydrogens (tertiary/aromatic N) is 3. The van der Waals surface area contributed by atoms with Crippen molar-refractivity contribution in [2.75, 3.05) is 14.1 Å². The molecule has 35 heavy (non-hydrogen) atoms. The van der Waals surface area contributed by atoms with Crippen LogP contribution in [0.5, 0.6) is 0 Å². The van der Waals surface area contributed by atoms with Crippen LogP contribution in [-0.4, -0.2) is 47.6 Å². The van der Waals surface area contributed by atoms with Gasteiger partial charge in [-0.1, -0.05) is 36.4 Å². The first-order valence-electron chi connectivity index (χ1n) is 9.84. The van der Waals surface area contributed by atoms with Gasteiger partial charge in [0, 0.05) is 29.5 Å². The number of rotatable bonds is 2. The molecule has 2 heterocycles. The maximum absolute atomic E-state index is 11.1. The van der Waals surface area contributed by atoms with E-state index in [-0.39, 0.29) is 43.3 Å². The van der Waals surface area contributed by atoms with Crippen molar-refractivity contribution in [3.05, 3.63) is 95.6 Å². The van der Waals surface area contributed by atoms with Gasteiger partial charge in [-0.3, -0.25) is 0 Å². The quantitative estimate of drug-likeness (QED) is 0.282. The Morgan fingerprint density at radius 1 is 0.743 bits per heavy atom. The molecule has 2 aliphatic rings. The summed E-state index contributed by atoms with van der Waals surface area (Å²) in [5.74, 6) is -1.35. The Kier molecular flexibility index (Phi) is 9.55. The molecule has 0 aromatic heterocycles. The third-order valence-corrected chi connectivity index (χ3v) is 7.09. The third-order valence-electron chi connectivity index (χ3n) is 4.46. The molecule has 0 N–H and O–H groups in total. The van der Waals surface area contributed by atoms with Crippen LogP contribution >= 0.6 is 0 Å². The molecule has 0 spiro atoms. The van der Waals surface area contributed by atoms with Gasteiger partial charge in [0.1, 0.15) is 0 Å². The van der Waals surface area contributed by atoms with Crippen LogP contribution in [0.3, 0.4) is 0 Å². The number of fused-ring (bicyclic) bond motifs is 2. The summed E-state index contributed by atoms with van der Waals surface area (Å²) in [6.07, 6.45) is 0. The summed E-state index contributed by atoms with van der Waals surface area (Å²) in [5.41, 5.74) is 1.57. The Balaban J connectivity index is 0.000000184. The average Bonchev–Trinajstić information content (AvgIpc) is 3.17. The molecule has 0 radical (unpaired) electrons. The number of sulfonamides is 2. The molecule has 186 valence electrons. The van der Waals surface area contributed by atoms with E-state index in [1.54, 1.807) is 24.3 Å². The van der Waals surface area contributed by atoms with Crippen LogP contribution < -0.4 is 10.2 Å². The Morgan fingerprint density at radius 2 is 1.17 bits per heavy atom. The summed E-state index contributed by atoms with van der Waals surface area (Å²) < 4.78 is 50.3. The second kappa shape index (κ2) is 11.8. The Morgan fingerprint density at radius 3 is 1.54 bits per heavy atom. The summed E-state index contributed by atoms with van der Waals surface area (Å²) in [7, 11) is -3.25. The van der Waals surface area contributed by atoms with E-state index in [1.165, 1.54) is 29.8 Å². The van der Waals surface area contributed by atoms with Crippen molar-refractivity contribution in [1.29, 1.82) is 0 Å². The molecular weight excluding hydrogens is 675 g/mol. The maximum atomic E-state index is 11.1. The van der Waals surface area contributed by atoms with Crippen molar-refractivity contribution in [2.45, 2.75) is 16.3 Å². The van der Waals surface area contributed by atoms with E-state index in [4.69, 9.17) is 0 Å². The summed E-state index contributed by atoms with van der Waals surface area (Å²) in [4.78, 5) is 2.15. The zero-order valence-electron chi connectivity index (χ0n) is 18.5. The number of hydrogen-bond donors (Lipinski definition) is 0. The summed E-state index contributed by atoms with van der Waals surface area (Å²) >= 11 is 0. The van der Waals surface area contributed by atoms with Crippen molar-refractivity contribution in [3.8, 4) is 0 Å². The topological polar surface area (TPSA) is 142 Å². The van der Waals surface area contributed by atoms with E-state index < -0.39 is 31.8 Å². The molecule has 0 amide bonds. The maximum Gasteiger partial charge on any atom is 3.00 e. The average molecular weight is 696 g/mol. The largest absolute Gasteiger partial charge is 3.00 e. The predicted molar refractivity (Wildman–Crippen MR) is 123 cm³/mol. The molecule has 3 aromatic carbocycles. The Hall–Kier alpha value is -2.80. The monoisotopic (exact) mass is 695 g/mol. The molecule has 0 aliphatic carbocycles. The summed E-state index contributed by atoms with van der Waals surface area (Å²) in [6, 6.07) is 23.2. The van der Waals surface area contributed by atoms with E-state index in [0.29, 0.717) is 0 Å². The minimum Gasteiger partial charge on any atom is -0.858 e. The number of benzene rings is 3. The molecule has 5 rings (SSSR count). The predicted octanol–water partition coefficient (Wildman–Crippen LogP) is 0.537. The number of hydrogen-bond acceptors (Lipinski definition) is 7. The SMILES string of the molecule is CN(C)Cc1[c-]cccc1.O=S1(=O)N=C([O-])c2ccccc21.O=S1(=O)N=C([O-])c2ccccc21.[Au+3]. The van der Waals surface area contributed by atoms with Gasteiger partial charge in [-0.25, -0.2) is 0 Å². The van der Waals surface area contributed by atoms with Crippen molar-refractivity contribution in [1.82, 2.24) is 4.90 Å². The van der Waals surface area contributed by atoms with E-state index in [1.807, 2.05) is 18.2 Å². The molecule has 3 aromatic rings. The molecule has 0 fully saturated rings. The van der Waals surface area contributed by atoms with Crippen molar-refractivity contribution < 1.29 is 49.4 Å².